The van der Waals surface area contributed by atoms with E-state index in [0.717, 1.165) is 29.5 Å². The Labute approximate surface area is 256 Å². The lowest BCUT2D eigenvalue weighted by Crippen LogP contribution is -2.16. The van der Waals surface area contributed by atoms with Crippen LogP contribution in [0.4, 0.5) is 0 Å². The molecule has 8 nitrogen and oxygen atoms in total. The standard InChI is InChI=1S/C36H34N4O4/c1-6-24-18-25(7-2)31(19-24)20-42-36(41)29-14-12-28(13-15-29)33-38-37-32(43-33)26-8-10-27(11-9-26)34-39-40-35(44-34)30-16-21(3)23(5)22(4)17-30/h6-17,24-25,31H,1-2,18-20H2,3-5H3. The van der Waals surface area contributed by atoms with E-state index in [1.54, 1.807) is 24.3 Å². The highest BCUT2D eigenvalue weighted by molar-refractivity contribution is 5.89. The Morgan fingerprint density at radius 1 is 0.750 bits per heavy atom. The van der Waals surface area contributed by atoms with Crippen LogP contribution < -0.4 is 0 Å². The number of allylic oxidation sites excluding steroid dienone is 2. The molecule has 44 heavy (non-hydrogen) atoms. The molecule has 2 aromatic heterocycles. The Kier molecular flexibility index (Phi) is 8.07. The summed E-state index contributed by atoms with van der Waals surface area (Å²) in [6.07, 6.45) is 5.91. The normalized spacial score (nSPS) is 17.8. The Morgan fingerprint density at radius 3 is 1.70 bits per heavy atom. The number of nitrogens with zero attached hydrogens (tertiary/aromatic N) is 4. The first-order chi connectivity index (χ1) is 21.3. The van der Waals surface area contributed by atoms with Crippen LogP contribution in [0.1, 0.15) is 39.9 Å². The van der Waals surface area contributed by atoms with Gasteiger partial charge in [0.05, 0.1) is 12.2 Å². The van der Waals surface area contributed by atoms with Gasteiger partial charge in [0.1, 0.15) is 0 Å². The molecule has 3 aromatic carbocycles. The van der Waals surface area contributed by atoms with Crippen LogP contribution in [-0.2, 0) is 4.74 Å². The topological polar surface area (TPSA) is 104 Å². The van der Waals surface area contributed by atoms with E-state index < -0.39 is 0 Å². The molecule has 0 N–H and O–H groups in total. The highest BCUT2D eigenvalue weighted by Gasteiger charge is 2.31. The molecule has 0 spiro atoms. The zero-order chi connectivity index (χ0) is 30.8. The predicted molar refractivity (Wildman–Crippen MR) is 168 cm³/mol. The van der Waals surface area contributed by atoms with Crippen molar-refractivity contribution in [2.45, 2.75) is 33.6 Å². The van der Waals surface area contributed by atoms with Crippen molar-refractivity contribution in [2.24, 2.45) is 17.8 Å². The van der Waals surface area contributed by atoms with Crippen molar-refractivity contribution in [3.05, 3.63) is 108 Å². The van der Waals surface area contributed by atoms with E-state index in [1.807, 2.05) is 36.4 Å². The number of hydrogen-bond donors (Lipinski definition) is 0. The van der Waals surface area contributed by atoms with Crippen molar-refractivity contribution < 1.29 is 18.4 Å². The van der Waals surface area contributed by atoms with Gasteiger partial charge in [-0.15, -0.1) is 33.6 Å². The summed E-state index contributed by atoms with van der Waals surface area (Å²) in [4.78, 5) is 12.7. The smallest absolute Gasteiger partial charge is 0.338 e. The van der Waals surface area contributed by atoms with E-state index in [9.17, 15) is 4.79 Å². The van der Waals surface area contributed by atoms with Gasteiger partial charge in [0.2, 0.25) is 23.6 Å². The second kappa shape index (κ2) is 12.2. The Balaban J connectivity index is 1.09. The molecule has 2 heterocycles. The molecule has 3 unspecified atom stereocenters. The number of carbonyl (C=O) groups excluding carboxylic acids is 1. The molecule has 8 heteroatoms. The Bertz CT molecular complexity index is 1790. The average Bonchev–Trinajstić information content (AvgIpc) is 3.82. The highest BCUT2D eigenvalue weighted by atomic mass is 16.5. The molecule has 1 fully saturated rings. The number of aromatic nitrogens is 4. The SMILES string of the molecule is C=CC1CC(C=C)C(COC(=O)c2ccc(-c3nnc(-c4ccc(-c5nnc(-c6cc(C)c(C)c(C)c6)o5)cc4)o3)cc2)C1. The third-order valence-electron chi connectivity index (χ3n) is 8.62. The minimum absolute atomic E-state index is 0.265. The summed E-state index contributed by atoms with van der Waals surface area (Å²) in [5.74, 6) is 2.31. The molecule has 1 aliphatic rings. The van der Waals surface area contributed by atoms with Gasteiger partial charge in [-0.3, -0.25) is 0 Å². The lowest BCUT2D eigenvalue weighted by molar-refractivity contribution is 0.0423. The lowest BCUT2D eigenvalue weighted by atomic mass is 9.97. The van der Waals surface area contributed by atoms with Crippen LogP contribution in [0.2, 0.25) is 0 Å². The van der Waals surface area contributed by atoms with Crippen LogP contribution in [0, 0.1) is 38.5 Å². The van der Waals surface area contributed by atoms with E-state index in [1.165, 1.54) is 16.7 Å². The monoisotopic (exact) mass is 586 g/mol. The molecule has 1 saturated carbocycles. The Morgan fingerprint density at radius 2 is 1.23 bits per heavy atom. The summed E-state index contributed by atoms with van der Waals surface area (Å²) in [5, 5.41) is 16.9. The number of ether oxygens (including phenoxy) is 1. The van der Waals surface area contributed by atoms with Gasteiger partial charge in [-0.1, -0.05) is 12.2 Å². The van der Waals surface area contributed by atoms with Crippen molar-refractivity contribution in [1.82, 2.24) is 20.4 Å². The van der Waals surface area contributed by atoms with Crippen molar-refractivity contribution in [3.8, 4) is 45.8 Å². The van der Waals surface area contributed by atoms with Gasteiger partial charge in [0.25, 0.3) is 0 Å². The molecule has 5 aromatic rings. The lowest BCUT2D eigenvalue weighted by Gasteiger charge is -2.15. The molecule has 1 aliphatic carbocycles. The van der Waals surface area contributed by atoms with Crippen molar-refractivity contribution in [2.75, 3.05) is 6.61 Å². The van der Waals surface area contributed by atoms with Gasteiger partial charge in [-0.25, -0.2) is 4.79 Å². The minimum atomic E-state index is -0.356. The number of carbonyl (C=O) groups is 1. The molecule has 0 bridgehead atoms. The maximum absolute atomic E-state index is 12.7. The highest BCUT2D eigenvalue weighted by Crippen LogP contribution is 2.38. The van der Waals surface area contributed by atoms with Crippen molar-refractivity contribution in [3.63, 3.8) is 0 Å². The van der Waals surface area contributed by atoms with E-state index >= 15 is 0 Å². The molecular weight excluding hydrogens is 552 g/mol. The fourth-order valence-corrected chi connectivity index (χ4v) is 5.72. The van der Waals surface area contributed by atoms with Gasteiger partial charge in [-0.05, 0) is 129 Å². The number of aryl methyl sites for hydroxylation is 2. The molecule has 0 radical (unpaired) electrons. The van der Waals surface area contributed by atoms with E-state index in [-0.39, 0.29) is 11.9 Å². The molecule has 6 rings (SSSR count). The van der Waals surface area contributed by atoms with Crippen LogP contribution in [0.15, 0.2) is 94.8 Å². The predicted octanol–water partition coefficient (Wildman–Crippen LogP) is 8.22. The molecular formula is C36H34N4O4. The fourth-order valence-electron chi connectivity index (χ4n) is 5.72. The van der Waals surface area contributed by atoms with Gasteiger partial charge in [0, 0.05) is 22.3 Å². The number of benzene rings is 3. The van der Waals surface area contributed by atoms with Gasteiger partial charge in [-0.2, -0.15) is 0 Å². The van der Waals surface area contributed by atoms with E-state index in [4.69, 9.17) is 13.6 Å². The first-order valence-electron chi connectivity index (χ1n) is 14.7. The second-order valence-electron chi connectivity index (χ2n) is 11.4. The zero-order valence-electron chi connectivity index (χ0n) is 25.1. The third-order valence-corrected chi connectivity index (χ3v) is 8.62. The summed E-state index contributed by atoms with van der Waals surface area (Å²) in [6, 6.07) is 18.6. The summed E-state index contributed by atoms with van der Waals surface area (Å²) >= 11 is 0. The van der Waals surface area contributed by atoms with Gasteiger partial charge < -0.3 is 13.6 Å². The summed E-state index contributed by atoms with van der Waals surface area (Å²) < 4.78 is 17.6. The maximum Gasteiger partial charge on any atom is 0.338 e. The van der Waals surface area contributed by atoms with Crippen LogP contribution in [-0.4, -0.2) is 33.0 Å². The van der Waals surface area contributed by atoms with Crippen LogP contribution in [0.25, 0.3) is 45.8 Å². The quantitative estimate of drug-likeness (QED) is 0.126. The molecule has 0 amide bonds. The largest absolute Gasteiger partial charge is 0.462 e. The summed E-state index contributed by atoms with van der Waals surface area (Å²) in [5.41, 5.74) is 7.22. The number of rotatable bonds is 9. The fraction of sp³-hybridized carbons (Fsp3) is 0.250. The molecule has 0 saturated heterocycles. The van der Waals surface area contributed by atoms with Gasteiger partial charge >= 0.3 is 5.97 Å². The first kappa shape index (κ1) is 29.0. The molecule has 3 atom stereocenters. The van der Waals surface area contributed by atoms with Crippen molar-refractivity contribution >= 4 is 5.97 Å². The third kappa shape index (κ3) is 5.88. The molecule has 0 aliphatic heterocycles. The molecule has 222 valence electrons. The van der Waals surface area contributed by atoms with E-state index in [0.29, 0.717) is 53.1 Å². The minimum Gasteiger partial charge on any atom is -0.462 e. The van der Waals surface area contributed by atoms with Crippen LogP contribution >= 0.6 is 0 Å². The zero-order valence-corrected chi connectivity index (χ0v) is 25.1. The first-order valence-corrected chi connectivity index (χ1v) is 14.7. The Hall–Kier alpha value is -5.11. The average molecular weight is 587 g/mol. The maximum atomic E-state index is 12.7. The van der Waals surface area contributed by atoms with Crippen LogP contribution in [0.3, 0.4) is 0 Å². The number of esters is 1. The van der Waals surface area contributed by atoms with Crippen LogP contribution in [0.5, 0.6) is 0 Å². The summed E-state index contributed by atoms with van der Waals surface area (Å²) in [7, 11) is 0. The number of hydrogen-bond acceptors (Lipinski definition) is 8. The van der Waals surface area contributed by atoms with Gasteiger partial charge in [0.15, 0.2) is 0 Å². The van der Waals surface area contributed by atoms with Crippen molar-refractivity contribution in [1.29, 1.82) is 0 Å². The van der Waals surface area contributed by atoms with E-state index in [2.05, 4.69) is 66.5 Å². The summed E-state index contributed by atoms with van der Waals surface area (Å²) in [6.45, 7) is 14.5. The second-order valence-corrected chi connectivity index (χ2v) is 11.4.